The van der Waals surface area contributed by atoms with Crippen molar-refractivity contribution in [3.8, 4) is 5.75 Å². The first-order chi connectivity index (χ1) is 7.68. The molecule has 0 radical (unpaired) electrons. The van der Waals surface area contributed by atoms with E-state index in [1.807, 2.05) is 0 Å². The van der Waals surface area contributed by atoms with E-state index in [1.165, 1.54) is 24.4 Å². The van der Waals surface area contributed by atoms with Gasteiger partial charge < -0.3 is 10.8 Å². The molecule has 1 aromatic carbocycles. The molecule has 16 heavy (non-hydrogen) atoms. The van der Waals surface area contributed by atoms with Gasteiger partial charge in [0.05, 0.1) is 0 Å². The van der Waals surface area contributed by atoms with Gasteiger partial charge in [-0.2, -0.15) is 0 Å². The number of nitrogens with two attached hydrogens (primary N) is 1. The molecular formula is C12H10N2O2. The molecule has 0 unspecified atom stereocenters. The summed E-state index contributed by atoms with van der Waals surface area (Å²) >= 11 is 0. The second-order valence-corrected chi connectivity index (χ2v) is 3.34. The van der Waals surface area contributed by atoms with E-state index in [0.29, 0.717) is 11.3 Å². The summed E-state index contributed by atoms with van der Waals surface area (Å²) in [6, 6.07) is 7.62. The van der Waals surface area contributed by atoms with E-state index in [1.54, 1.807) is 18.3 Å². The standard InChI is InChI=1S/C12H10N2O2/c13-11-4-3-9(15)6-10(11)12(16)8-2-1-5-14-7-8/h1-7,15H,13H2. The van der Waals surface area contributed by atoms with E-state index in [0.717, 1.165) is 0 Å². The van der Waals surface area contributed by atoms with Crippen molar-refractivity contribution < 1.29 is 9.90 Å². The SMILES string of the molecule is Nc1ccc(O)cc1C(=O)c1cccnc1. The average molecular weight is 214 g/mol. The topological polar surface area (TPSA) is 76.2 Å². The van der Waals surface area contributed by atoms with Gasteiger partial charge in [-0.05, 0) is 30.3 Å². The molecule has 0 amide bonds. The molecule has 2 rings (SSSR count). The quantitative estimate of drug-likeness (QED) is 0.452. The molecule has 0 atom stereocenters. The molecule has 0 fully saturated rings. The summed E-state index contributed by atoms with van der Waals surface area (Å²) in [5, 5.41) is 9.31. The van der Waals surface area contributed by atoms with Gasteiger partial charge in [0.15, 0.2) is 5.78 Å². The van der Waals surface area contributed by atoms with Crippen molar-refractivity contribution in [2.75, 3.05) is 5.73 Å². The first-order valence-electron chi connectivity index (χ1n) is 4.71. The van der Waals surface area contributed by atoms with Gasteiger partial charge >= 0.3 is 0 Å². The number of rotatable bonds is 2. The first kappa shape index (κ1) is 10.2. The molecule has 1 aromatic heterocycles. The Hall–Kier alpha value is -2.36. The van der Waals surface area contributed by atoms with Crippen LogP contribution in [0.2, 0.25) is 0 Å². The Labute approximate surface area is 92.4 Å². The van der Waals surface area contributed by atoms with Gasteiger partial charge in [0.2, 0.25) is 0 Å². The molecule has 4 nitrogen and oxygen atoms in total. The Balaban J connectivity index is 2.46. The van der Waals surface area contributed by atoms with Crippen molar-refractivity contribution in [3.05, 3.63) is 53.9 Å². The summed E-state index contributed by atoms with van der Waals surface area (Å²) < 4.78 is 0. The maximum Gasteiger partial charge on any atom is 0.196 e. The number of anilines is 1. The van der Waals surface area contributed by atoms with Crippen LogP contribution in [0.3, 0.4) is 0 Å². The lowest BCUT2D eigenvalue weighted by Gasteiger charge is -2.04. The molecule has 0 aliphatic heterocycles. The maximum absolute atomic E-state index is 12.0. The van der Waals surface area contributed by atoms with Crippen molar-refractivity contribution in [1.29, 1.82) is 0 Å². The predicted molar refractivity (Wildman–Crippen MR) is 60.2 cm³/mol. The Kier molecular flexibility index (Phi) is 2.55. The third-order valence-corrected chi connectivity index (χ3v) is 2.21. The summed E-state index contributed by atoms with van der Waals surface area (Å²) in [5.74, 6) is -0.233. The van der Waals surface area contributed by atoms with Gasteiger partial charge in [-0.3, -0.25) is 9.78 Å². The lowest BCUT2D eigenvalue weighted by atomic mass is 10.0. The summed E-state index contributed by atoms with van der Waals surface area (Å²) in [6.45, 7) is 0. The molecule has 0 aliphatic rings. The van der Waals surface area contributed by atoms with Gasteiger partial charge in [-0.25, -0.2) is 0 Å². The summed E-state index contributed by atoms with van der Waals surface area (Å²) in [6.07, 6.45) is 3.05. The van der Waals surface area contributed by atoms with E-state index >= 15 is 0 Å². The number of hydrogen-bond acceptors (Lipinski definition) is 4. The number of ketones is 1. The molecule has 0 aliphatic carbocycles. The molecule has 2 aromatic rings. The summed E-state index contributed by atoms with van der Waals surface area (Å²) in [7, 11) is 0. The largest absolute Gasteiger partial charge is 0.508 e. The molecule has 3 N–H and O–H groups in total. The zero-order valence-corrected chi connectivity index (χ0v) is 8.42. The molecule has 4 heteroatoms. The van der Waals surface area contributed by atoms with Crippen molar-refractivity contribution in [3.63, 3.8) is 0 Å². The Morgan fingerprint density at radius 2 is 2.12 bits per heavy atom. The normalized spacial score (nSPS) is 10.0. The number of hydrogen-bond donors (Lipinski definition) is 2. The minimum absolute atomic E-state index is 0.0152. The van der Waals surface area contributed by atoms with E-state index in [9.17, 15) is 9.90 Å². The van der Waals surface area contributed by atoms with E-state index < -0.39 is 0 Å². The fraction of sp³-hybridized carbons (Fsp3) is 0. The Morgan fingerprint density at radius 3 is 2.81 bits per heavy atom. The predicted octanol–water partition coefficient (Wildman–Crippen LogP) is 1.60. The van der Waals surface area contributed by atoms with Crippen LogP contribution in [0.5, 0.6) is 5.75 Å². The van der Waals surface area contributed by atoms with E-state index in [-0.39, 0.29) is 17.1 Å². The molecular weight excluding hydrogens is 204 g/mol. The van der Waals surface area contributed by atoms with Crippen molar-refractivity contribution >= 4 is 11.5 Å². The van der Waals surface area contributed by atoms with Crippen LogP contribution in [0, 0.1) is 0 Å². The van der Waals surface area contributed by atoms with Crippen LogP contribution in [0.4, 0.5) is 5.69 Å². The molecule has 0 saturated heterocycles. The molecule has 0 spiro atoms. The van der Waals surface area contributed by atoms with Crippen molar-refractivity contribution in [2.24, 2.45) is 0 Å². The molecule has 0 saturated carbocycles. The van der Waals surface area contributed by atoms with Crippen LogP contribution in [0.1, 0.15) is 15.9 Å². The zero-order valence-electron chi connectivity index (χ0n) is 8.42. The van der Waals surface area contributed by atoms with Gasteiger partial charge in [-0.1, -0.05) is 0 Å². The number of carbonyl (C=O) groups is 1. The van der Waals surface area contributed by atoms with Crippen LogP contribution < -0.4 is 5.73 Å². The van der Waals surface area contributed by atoms with Crippen LogP contribution in [-0.4, -0.2) is 15.9 Å². The Morgan fingerprint density at radius 1 is 1.31 bits per heavy atom. The summed E-state index contributed by atoms with van der Waals surface area (Å²) in [5.41, 5.74) is 6.74. The number of carbonyl (C=O) groups excluding carboxylic acids is 1. The monoisotopic (exact) mass is 214 g/mol. The third kappa shape index (κ3) is 1.86. The highest BCUT2D eigenvalue weighted by Gasteiger charge is 2.12. The lowest BCUT2D eigenvalue weighted by Crippen LogP contribution is -2.05. The fourth-order valence-electron chi connectivity index (χ4n) is 1.39. The number of nitrogens with zero attached hydrogens (tertiary/aromatic N) is 1. The number of aromatic nitrogens is 1. The highest BCUT2D eigenvalue weighted by molar-refractivity contribution is 6.12. The van der Waals surface area contributed by atoms with Crippen molar-refractivity contribution in [2.45, 2.75) is 0 Å². The highest BCUT2D eigenvalue weighted by Crippen LogP contribution is 2.21. The minimum Gasteiger partial charge on any atom is -0.508 e. The Bertz CT molecular complexity index is 524. The molecule has 0 bridgehead atoms. The number of pyridine rings is 1. The van der Waals surface area contributed by atoms with Gasteiger partial charge in [0, 0.05) is 29.2 Å². The fourth-order valence-corrected chi connectivity index (χ4v) is 1.39. The smallest absolute Gasteiger partial charge is 0.196 e. The number of benzene rings is 1. The van der Waals surface area contributed by atoms with Gasteiger partial charge in [-0.15, -0.1) is 0 Å². The maximum atomic E-state index is 12.0. The van der Waals surface area contributed by atoms with Gasteiger partial charge in [0.1, 0.15) is 5.75 Å². The number of aromatic hydroxyl groups is 1. The zero-order chi connectivity index (χ0) is 11.5. The minimum atomic E-state index is -0.249. The molecule has 1 heterocycles. The van der Waals surface area contributed by atoms with Crippen molar-refractivity contribution in [1.82, 2.24) is 4.98 Å². The summed E-state index contributed by atoms with van der Waals surface area (Å²) in [4.78, 5) is 15.8. The average Bonchev–Trinajstić information content (AvgIpc) is 2.32. The number of nitrogen functional groups attached to an aromatic ring is 1. The highest BCUT2D eigenvalue weighted by atomic mass is 16.3. The number of phenols is 1. The number of phenolic OH excluding ortho intramolecular Hbond substituents is 1. The molecule has 80 valence electrons. The lowest BCUT2D eigenvalue weighted by molar-refractivity contribution is 0.103. The van der Waals surface area contributed by atoms with Gasteiger partial charge in [0.25, 0.3) is 0 Å². The van der Waals surface area contributed by atoms with Crippen LogP contribution in [0.15, 0.2) is 42.7 Å². The van der Waals surface area contributed by atoms with E-state index in [2.05, 4.69) is 4.98 Å². The second kappa shape index (κ2) is 4.02. The van der Waals surface area contributed by atoms with Crippen LogP contribution in [-0.2, 0) is 0 Å². The first-order valence-corrected chi connectivity index (χ1v) is 4.71. The van der Waals surface area contributed by atoms with Crippen LogP contribution in [0.25, 0.3) is 0 Å². The second-order valence-electron chi connectivity index (χ2n) is 3.34. The third-order valence-electron chi connectivity index (χ3n) is 2.21. The van der Waals surface area contributed by atoms with Crippen LogP contribution >= 0.6 is 0 Å². The van der Waals surface area contributed by atoms with E-state index in [4.69, 9.17) is 5.73 Å².